The molecule has 5 N–H and O–H groups in total. The molecule has 2 rings (SSSR count). The molecular formula is C26H40O10. The van der Waals surface area contributed by atoms with Crippen molar-refractivity contribution in [2.45, 2.75) is 98.3 Å². The third-order valence-corrected chi connectivity index (χ3v) is 10.1. The first-order valence-corrected chi connectivity index (χ1v) is 12.6. The molecule has 0 aromatic carbocycles. The van der Waals surface area contributed by atoms with Crippen LogP contribution in [0.3, 0.4) is 0 Å². The molecule has 2 unspecified atom stereocenters. The SMILES string of the molecule is CC1(C)C(CCCCCCCCC2(CC(=O)O)CC(C(=O)O)(C(=O)O)C2(C)C)CC1(C(=O)O)C(=O)O. The molecule has 0 aliphatic heterocycles. The Morgan fingerprint density at radius 3 is 1.50 bits per heavy atom. The number of unbranched alkanes of at least 4 members (excludes halogenated alkanes) is 5. The van der Waals surface area contributed by atoms with Crippen LogP contribution in [0.5, 0.6) is 0 Å². The summed E-state index contributed by atoms with van der Waals surface area (Å²) >= 11 is 0. The number of aliphatic carboxylic acids is 5. The molecule has 0 aromatic rings. The molecule has 10 nitrogen and oxygen atoms in total. The Labute approximate surface area is 211 Å². The van der Waals surface area contributed by atoms with Gasteiger partial charge in [-0.2, -0.15) is 0 Å². The minimum absolute atomic E-state index is 0.0326. The molecule has 0 radical (unpaired) electrons. The van der Waals surface area contributed by atoms with Gasteiger partial charge in [0.25, 0.3) is 0 Å². The highest BCUT2D eigenvalue weighted by atomic mass is 16.4. The van der Waals surface area contributed by atoms with E-state index >= 15 is 0 Å². The molecule has 2 saturated carbocycles. The van der Waals surface area contributed by atoms with Crippen LogP contribution in [0.25, 0.3) is 0 Å². The highest BCUT2D eigenvalue weighted by Crippen LogP contribution is 2.71. The number of rotatable bonds is 15. The molecule has 204 valence electrons. The molecule has 10 heteroatoms. The maximum absolute atomic E-state index is 11.8. The van der Waals surface area contributed by atoms with Crippen LogP contribution in [0.2, 0.25) is 0 Å². The summed E-state index contributed by atoms with van der Waals surface area (Å²) in [5.41, 5.74) is -6.65. The van der Waals surface area contributed by atoms with Gasteiger partial charge in [0, 0.05) is 0 Å². The lowest BCUT2D eigenvalue weighted by atomic mass is 9.35. The number of carboxylic acid groups (broad SMARTS) is 5. The molecule has 36 heavy (non-hydrogen) atoms. The third kappa shape index (κ3) is 4.26. The first-order chi connectivity index (χ1) is 16.5. The van der Waals surface area contributed by atoms with E-state index in [2.05, 4.69) is 0 Å². The zero-order chi connectivity index (χ0) is 27.7. The highest BCUT2D eigenvalue weighted by Gasteiger charge is 2.76. The molecule has 0 spiro atoms. The summed E-state index contributed by atoms with van der Waals surface area (Å²) in [5.74, 6) is -6.46. The van der Waals surface area contributed by atoms with Crippen molar-refractivity contribution < 1.29 is 49.5 Å². The molecule has 2 aliphatic carbocycles. The Balaban J connectivity index is 1.80. The molecule has 2 fully saturated rings. The fraction of sp³-hybridized carbons (Fsp3) is 0.808. The van der Waals surface area contributed by atoms with Crippen LogP contribution in [0.1, 0.15) is 98.3 Å². The average Bonchev–Trinajstić information content (AvgIpc) is 2.72. The van der Waals surface area contributed by atoms with Gasteiger partial charge in [-0.3, -0.25) is 24.0 Å². The van der Waals surface area contributed by atoms with Gasteiger partial charge in [-0.25, -0.2) is 0 Å². The Bertz CT molecular complexity index is 890. The van der Waals surface area contributed by atoms with Gasteiger partial charge in [-0.15, -0.1) is 0 Å². The van der Waals surface area contributed by atoms with E-state index in [-0.39, 0.29) is 25.2 Å². The third-order valence-electron chi connectivity index (χ3n) is 10.1. The van der Waals surface area contributed by atoms with Crippen molar-refractivity contribution in [3.63, 3.8) is 0 Å². The summed E-state index contributed by atoms with van der Waals surface area (Å²) in [6.45, 7) is 6.52. The second-order valence-corrected chi connectivity index (χ2v) is 12.0. The Kier molecular flexibility index (Phi) is 8.23. The van der Waals surface area contributed by atoms with Crippen LogP contribution in [-0.2, 0) is 24.0 Å². The predicted molar refractivity (Wildman–Crippen MR) is 127 cm³/mol. The summed E-state index contributed by atoms with van der Waals surface area (Å²) in [7, 11) is 0. The van der Waals surface area contributed by atoms with Gasteiger partial charge in [0.15, 0.2) is 10.8 Å². The summed E-state index contributed by atoms with van der Waals surface area (Å²) in [6.07, 6.45) is 5.92. The van der Waals surface area contributed by atoms with Gasteiger partial charge in [0.1, 0.15) is 0 Å². The van der Waals surface area contributed by atoms with E-state index in [4.69, 9.17) is 0 Å². The van der Waals surface area contributed by atoms with Crippen molar-refractivity contribution in [1.29, 1.82) is 0 Å². The second kappa shape index (κ2) is 10.0. The topological polar surface area (TPSA) is 186 Å². The van der Waals surface area contributed by atoms with Crippen LogP contribution in [0.4, 0.5) is 0 Å². The van der Waals surface area contributed by atoms with Crippen LogP contribution >= 0.6 is 0 Å². The molecule has 0 amide bonds. The van der Waals surface area contributed by atoms with E-state index in [1.807, 2.05) is 0 Å². The van der Waals surface area contributed by atoms with E-state index < -0.39 is 56.9 Å². The van der Waals surface area contributed by atoms with E-state index in [1.54, 1.807) is 27.7 Å². The molecule has 2 aliphatic rings. The number of carboxylic acids is 5. The van der Waals surface area contributed by atoms with Crippen LogP contribution in [0, 0.1) is 33.0 Å². The Hall–Kier alpha value is -2.65. The Morgan fingerprint density at radius 1 is 0.667 bits per heavy atom. The van der Waals surface area contributed by atoms with Crippen molar-refractivity contribution in [3.8, 4) is 0 Å². The van der Waals surface area contributed by atoms with Gasteiger partial charge >= 0.3 is 29.8 Å². The van der Waals surface area contributed by atoms with Crippen molar-refractivity contribution in [3.05, 3.63) is 0 Å². The number of hydrogen-bond acceptors (Lipinski definition) is 5. The fourth-order valence-corrected chi connectivity index (χ4v) is 7.08. The van der Waals surface area contributed by atoms with Gasteiger partial charge < -0.3 is 25.5 Å². The zero-order valence-corrected chi connectivity index (χ0v) is 21.6. The summed E-state index contributed by atoms with van der Waals surface area (Å²) in [4.78, 5) is 58.4. The second-order valence-electron chi connectivity index (χ2n) is 12.0. The minimum Gasteiger partial charge on any atom is -0.481 e. The molecule has 0 bridgehead atoms. The predicted octanol–water partition coefficient (Wildman–Crippen LogP) is 4.36. The monoisotopic (exact) mass is 512 g/mol. The molecular weight excluding hydrogens is 472 g/mol. The minimum atomic E-state index is -1.99. The van der Waals surface area contributed by atoms with Crippen LogP contribution in [-0.4, -0.2) is 55.4 Å². The molecule has 0 saturated heterocycles. The van der Waals surface area contributed by atoms with Crippen molar-refractivity contribution in [1.82, 2.24) is 0 Å². The van der Waals surface area contributed by atoms with E-state index in [9.17, 15) is 49.5 Å². The van der Waals surface area contributed by atoms with Crippen molar-refractivity contribution in [2.24, 2.45) is 33.0 Å². The molecule has 0 aromatic heterocycles. The lowest BCUT2D eigenvalue weighted by Crippen LogP contribution is -2.69. The van der Waals surface area contributed by atoms with Gasteiger partial charge in [-0.1, -0.05) is 66.2 Å². The maximum atomic E-state index is 11.8. The lowest BCUT2D eigenvalue weighted by molar-refractivity contribution is -0.232. The van der Waals surface area contributed by atoms with Gasteiger partial charge in [0.05, 0.1) is 6.42 Å². The van der Waals surface area contributed by atoms with Crippen molar-refractivity contribution in [2.75, 3.05) is 0 Å². The first kappa shape index (κ1) is 29.6. The van der Waals surface area contributed by atoms with Crippen molar-refractivity contribution >= 4 is 29.8 Å². The van der Waals surface area contributed by atoms with E-state index in [0.717, 1.165) is 38.5 Å². The number of hydrogen-bond donors (Lipinski definition) is 5. The van der Waals surface area contributed by atoms with E-state index in [1.165, 1.54) is 0 Å². The lowest BCUT2D eigenvalue weighted by Gasteiger charge is -2.65. The Morgan fingerprint density at radius 2 is 1.11 bits per heavy atom. The maximum Gasteiger partial charge on any atom is 0.321 e. The molecule has 2 atom stereocenters. The smallest absolute Gasteiger partial charge is 0.321 e. The summed E-state index contributed by atoms with van der Waals surface area (Å²) < 4.78 is 0. The standard InChI is InChI=1S/C26H40O10/c1-22(2)16(13-25(22,18(29)30)19(31)32)11-9-7-5-6-8-10-12-24(14-17(27)28)15-26(20(33)34,21(35)36)23(24,3)4/h16H,5-15H2,1-4H3,(H,27,28)(H,29,30)(H,31,32)(H,33,34)(H,35,36). The van der Waals surface area contributed by atoms with Crippen LogP contribution < -0.4 is 0 Å². The quantitative estimate of drug-likeness (QED) is 0.156. The van der Waals surface area contributed by atoms with Gasteiger partial charge in [0.2, 0.25) is 0 Å². The van der Waals surface area contributed by atoms with Crippen LogP contribution in [0.15, 0.2) is 0 Å². The first-order valence-electron chi connectivity index (χ1n) is 12.6. The van der Waals surface area contributed by atoms with Gasteiger partial charge in [-0.05, 0) is 47.8 Å². The highest BCUT2D eigenvalue weighted by molar-refractivity contribution is 6.01. The summed E-state index contributed by atoms with van der Waals surface area (Å²) in [5, 5.41) is 47.7. The normalized spacial score (nSPS) is 26.7. The van der Waals surface area contributed by atoms with E-state index in [0.29, 0.717) is 12.8 Å². The summed E-state index contributed by atoms with van der Waals surface area (Å²) in [6, 6.07) is 0. The molecule has 0 heterocycles. The zero-order valence-electron chi connectivity index (χ0n) is 21.6. The fourth-order valence-electron chi connectivity index (χ4n) is 7.08. The average molecular weight is 513 g/mol. The number of carbonyl (C=O) groups is 5. The largest absolute Gasteiger partial charge is 0.481 e.